The smallest absolute Gasteiger partial charge is 0.251 e. The molecule has 0 aromatic heterocycles. The Bertz CT molecular complexity index is 414. The summed E-state index contributed by atoms with van der Waals surface area (Å²) >= 11 is 0. The molecule has 1 aliphatic rings. The van der Waals surface area contributed by atoms with Gasteiger partial charge in [0.15, 0.2) is 0 Å². The third kappa shape index (κ3) is 2.70. The molecule has 0 saturated heterocycles. The van der Waals surface area contributed by atoms with Gasteiger partial charge >= 0.3 is 0 Å². The van der Waals surface area contributed by atoms with Gasteiger partial charge in [-0.1, -0.05) is 6.42 Å². The van der Waals surface area contributed by atoms with Gasteiger partial charge in [0.2, 0.25) is 0 Å². The summed E-state index contributed by atoms with van der Waals surface area (Å²) in [5.74, 6) is 1.20. The third-order valence-corrected chi connectivity index (χ3v) is 3.27. The molecule has 0 atom stereocenters. The van der Waals surface area contributed by atoms with E-state index in [1.54, 1.807) is 25.3 Å². The van der Waals surface area contributed by atoms with E-state index in [-0.39, 0.29) is 5.91 Å². The van der Waals surface area contributed by atoms with Crippen LogP contribution in [0.2, 0.25) is 0 Å². The summed E-state index contributed by atoms with van der Waals surface area (Å²) in [4.78, 5) is 11.8. The van der Waals surface area contributed by atoms with Gasteiger partial charge < -0.3 is 15.8 Å². The van der Waals surface area contributed by atoms with E-state index >= 15 is 0 Å². The molecule has 1 aromatic carbocycles. The molecule has 4 nitrogen and oxygen atoms in total. The maximum atomic E-state index is 11.8. The average molecular weight is 234 g/mol. The summed E-state index contributed by atoms with van der Waals surface area (Å²) in [5.41, 5.74) is 6.83. The normalized spacial score (nSPS) is 15.1. The first-order valence-corrected chi connectivity index (χ1v) is 5.92. The number of benzene rings is 1. The number of nitrogens with two attached hydrogens (primary N) is 1. The first-order valence-electron chi connectivity index (χ1n) is 5.92. The molecule has 0 spiro atoms. The lowest BCUT2D eigenvalue weighted by Crippen LogP contribution is -2.32. The van der Waals surface area contributed by atoms with Gasteiger partial charge in [-0.25, -0.2) is 0 Å². The number of nitrogen functional groups attached to an aromatic ring is 1. The summed E-state index contributed by atoms with van der Waals surface area (Å²) in [7, 11) is 1.56. The number of anilines is 1. The van der Waals surface area contributed by atoms with E-state index in [1.165, 1.54) is 19.3 Å². The Kier molecular flexibility index (Phi) is 3.52. The fourth-order valence-electron chi connectivity index (χ4n) is 1.91. The zero-order valence-electron chi connectivity index (χ0n) is 10.0. The topological polar surface area (TPSA) is 64.3 Å². The molecule has 17 heavy (non-hydrogen) atoms. The Balaban J connectivity index is 1.95. The predicted octanol–water partition coefficient (Wildman–Crippen LogP) is 1.81. The van der Waals surface area contributed by atoms with Gasteiger partial charge in [-0.2, -0.15) is 0 Å². The van der Waals surface area contributed by atoms with Gasteiger partial charge in [-0.05, 0) is 37.0 Å². The van der Waals surface area contributed by atoms with Gasteiger partial charge in [0.05, 0.1) is 12.8 Å². The zero-order valence-corrected chi connectivity index (χ0v) is 10.0. The van der Waals surface area contributed by atoms with Crippen molar-refractivity contribution < 1.29 is 9.53 Å². The van der Waals surface area contributed by atoms with E-state index < -0.39 is 0 Å². The number of ether oxygens (including phenoxy) is 1. The number of amides is 1. The van der Waals surface area contributed by atoms with E-state index in [0.717, 1.165) is 6.54 Å². The van der Waals surface area contributed by atoms with Crippen molar-refractivity contribution in [3.05, 3.63) is 23.8 Å². The lowest BCUT2D eigenvalue weighted by molar-refractivity contribution is 0.0939. The zero-order chi connectivity index (χ0) is 12.3. The van der Waals surface area contributed by atoms with Crippen LogP contribution in [0, 0.1) is 5.92 Å². The molecule has 0 heterocycles. The number of carbonyl (C=O) groups is 1. The number of nitrogens with one attached hydrogen (secondary N) is 1. The number of methoxy groups -OCH3 is 1. The molecule has 0 aliphatic heterocycles. The van der Waals surface area contributed by atoms with E-state index in [9.17, 15) is 4.79 Å². The molecule has 92 valence electrons. The van der Waals surface area contributed by atoms with E-state index in [4.69, 9.17) is 10.5 Å². The SMILES string of the molecule is COc1ccc(C(=O)NCC2CCC2)cc1N. The van der Waals surface area contributed by atoms with Gasteiger partial charge in [-0.3, -0.25) is 4.79 Å². The second kappa shape index (κ2) is 5.08. The first kappa shape index (κ1) is 11.8. The van der Waals surface area contributed by atoms with Crippen LogP contribution in [0.5, 0.6) is 5.75 Å². The molecule has 2 rings (SSSR count). The van der Waals surface area contributed by atoms with Crippen molar-refractivity contribution >= 4 is 11.6 Å². The van der Waals surface area contributed by atoms with Crippen LogP contribution in [0.25, 0.3) is 0 Å². The van der Waals surface area contributed by atoms with Crippen molar-refractivity contribution in [2.24, 2.45) is 5.92 Å². The molecular weight excluding hydrogens is 216 g/mol. The molecular formula is C13H18N2O2. The van der Waals surface area contributed by atoms with Crippen LogP contribution in [0.4, 0.5) is 5.69 Å². The molecule has 0 unspecified atom stereocenters. The first-order chi connectivity index (χ1) is 8.20. The van der Waals surface area contributed by atoms with E-state index in [0.29, 0.717) is 22.9 Å². The molecule has 1 aliphatic carbocycles. The summed E-state index contributed by atoms with van der Waals surface area (Å²) in [6, 6.07) is 5.09. The van der Waals surface area contributed by atoms with Crippen LogP contribution in [0.1, 0.15) is 29.6 Å². The lowest BCUT2D eigenvalue weighted by atomic mass is 9.85. The molecule has 1 fully saturated rings. The minimum absolute atomic E-state index is 0.0637. The molecule has 1 amide bonds. The molecule has 1 aromatic rings. The quantitative estimate of drug-likeness (QED) is 0.781. The summed E-state index contributed by atoms with van der Waals surface area (Å²) in [6.45, 7) is 0.769. The molecule has 0 bridgehead atoms. The average Bonchev–Trinajstić information content (AvgIpc) is 2.26. The van der Waals surface area contributed by atoms with Crippen molar-refractivity contribution in [1.29, 1.82) is 0 Å². The highest BCUT2D eigenvalue weighted by Crippen LogP contribution is 2.25. The fourth-order valence-corrected chi connectivity index (χ4v) is 1.91. The fraction of sp³-hybridized carbons (Fsp3) is 0.462. The van der Waals surface area contributed by atoms with Crippen LogP contribution in [0.3, 0.4) is 0 Å². The minimum atomic E-state index is -0.0637. The standard InChI is InChI=1S/C13H18N2O2/c1-17-12-6-5-10(7-11(12)14)13(16)15-8-9-3-2-4-9/h5-7,9H,2-4,8,14H2,1H3,(H,15,16). The highest BCUT2D eigenvalue weighted by atomic mass is 16.5. The largest absolute Gasteiger partial charge is 0.495 e. The van der Waals surface area contributed by atoms with E-state index in [2.05, 4.69) is 5.32 Å². The molecule has 4 heteroatoms. The lowest BCUT2D eigenvalue weighted by Gasteiger charge is -2.25. The monoisotopic (exact) mass is 234 g/mol. The Labute approximate surface area is 101 Å². The van der Waals surface area contributed by atoms with Gasteiger partial charge in [0.25, 0.3) is 5.91 Å². The molecule has 3 N–H and O–H groups in total. The van der Waals surface area contributed by atoms with Crippen LogP contribution in [-0.4, -0.2) is 19.6 Å². The number of carbonyl (C=O) groups excluding carboxylic acids is 1. The third-order valence-electron chi connectivity index (χ3n) is 3.27. The Morgan fingerprint density at radius 2 is 2.29 bits per heavy atom. The van der Waals surface area contributed by atoms with E-state index in [1.807, 2.05) is 0 Å². The van der Waals surface area contributed by atoms with Crippen molar-refractivity contribution in [1.82, 2.24) is 5.32 Å². The Hall–Kier alpha value is -1.71. The van der Waals surface area contributed by atoms with Crippen molar-refractivity contribution in [2.45, 2.75) is 19.3 Å². The van der Waals surface area contributed by atoms with Gasteiger partial charge in [0, 0.05) is 12.1 Å². The summed E-state index contributed by atoms with van der Waals surface area (Å²) in [6.07, 6.45) is 3.74. The number of hydrogen-bond acceptors (Lipinski definition) is 3. The Morgan fingerprint density at radius 3 is 2.82 bits per heavy atom. The minimum Gasteiger partial charge on any atom is -0.495 e. The van der Waals surface area contributed by atoms with Gasteiger partial charge in [0.1, 0.15) is 5.75 Å². The number of rotatable bonds is 4. The van der Waals surface area contributed by atoms with Gasteiger partial charge in [-0.15, -0.1) is 0 Å². The highest BCUT2D eigenvalue weighted by Gasteiger charge is 2.18. The number of hydrogen-bond donors (Lipinski definition) is 2. The van der Waals surface area contributed by atoms with Crippen molar-refractivity contribution in [2.75, 3.05) is 19.4 Å². The van der Waals surface area contributed by atoms with Crippen molar-refractivity contribution in [3.63, 3.8) is 0 Å². The second-order valence-corrected chi connectivity index (χ2v) is 4.46. The maximum Gasteiger partial charge on any atom is 0.251 e. The molecule has 0 radical (unpaired) electrons. The van der Waals surface area contributed by atoms with Crippen LogP contribution in [-0.2, 0) is 0 Å². The molecule has 1 saturated carbocycles. The van der Waals surface area contributed by atoms with Crippen molar-refractivity contribution in [3.8, 4) is 5.75 Å². The van der Waals surface area contributed by atoms with Crippen LogP contribution >= 0.6 is 0 Å². The maximum absolute atomic E-state index is 11.8. The summed E-state index contributed by atoms with van der Waals surface area (Å²) < 4.78 is 5.05. The second-order valence-electron chi connectivity index (χ2n) is 4.46. The van der Waals surface area contributed by atoms with Crippen LogP contribution in [0.15, 0.2) is 18.2 Å². The highest BCUT2D eigenvalue weighted by molar-refractivity contribution is 5.95. The Morgan fingerprint density at radius 1 is 1.53 bits per heavy atom. The predicted molar refractivity (Wildman–Crippen MR) is 67.1 cm³/mol. The van der Waals surface area contributed by atoms with Crippen LogP contribution < -0.4 is 15.8 Å². The summed E-state index contributed by atoms with van der Waals surface area (Å²) in [5, 5.41) is 2.93.